The van der Waals surface area contributed by atoms with E-state index in [1.807, 2.05) is 13.0 Å². The Kier molecular flexibility index (Phi) is 7.02. The van der Waals surface area contributed by atoms with Crippen molar-refractivity contribution in [2.45, 2.75) is 64.1 Å². The number of carboxylic acids is 1. The van der Waals surface area contributed by atoms with E-state index in [4.69, 9.17) is 4.74 Å². The summed E-state index contributed by atoms with van der Waals surface area (Å²) < 4.78 is 49.1. The van der Waals surface area contributed by atoms with E-state index >= 15 is 0 Å². The first-order chi connectivity index (χ1) is 16.4. The number of halogens is 3. The predicted octanol–water partition coefficient (Wildman–Crippen LogP) is 5.01. The highest BCUT2D eigenvalue weighted by Gasteiger charge is 2.40. The second kappa shape index (κ2) is 9.70. The Morgan fingerprint density at radius 1 is 1.17 bits per heavy atom. The van der Waals surface area contributed by atoms with E-state index in [0.717, 1.165) is 24.0 Å². The molecule has 2 atom stereocenters. The molecule has 35 heavy (non-hydrogen) atoms. The Morgan fingerprint density at radius 2 is 1.89 bits per heavy atom. The Hall–Kier alpha value is -2.78. The molecule has 0 aromatic heterocycles. The van der Waals surface area contributed by atoms with E-state index in [0.29, 0.717) is 49.4 Å². The summed E-state index contributed by atoms with van der Waals surface area (Å²) in [5.74, 6) is -1.52. The minimum absolute atomic E-state index is 0.173. The quantitative estimate of drug-likeness (QED) is 0.589. The minimum atomic E-state index is -4.74. The van der Waals surface area contributed by atoms with Crippen LogP contribution in [0.3, 0.4) is 0 Å². The van der Waals surface area contributed by atoms with Crippen LogP contribution in [-0.4, -0.2) is 46.1 Å². The number of ether oxygens (including phenoxy) is 2. The number of aliphatic hydroxyl groups excluding tert-OH is 1. The summed E-state index contributed by atoms with van der Waals surface area (Å²) >= 11 is 0. The smallest absolute Gasteiger partial charge is 0.487 e. The zero-order valence-corrected chi connectivity index (χ0v) is 19.8. The molecular weight excluding hydrogens is 463 g/mol. The standard InChI is InChI=1S/C26H30F3NO5/c1-16-3-6-21(35-26(27,28)29)20(13-16)15-30-11-9-25(10-12-30)8-7-18-4-5-19(14-22(18)34-25)23(31)17(2)24(32)33/h3-6,13-14,17,23,31H,7-12,15H2,1-2H3,(H,32,33)/t17-,23+/m0/s1. The second-order valence-corrected chi connectivity index (χ2v) is 9.66. The van der Waals surface area contributed by atoms with Gasteiger partial charge in [0.15, 0.2) is 0 Å². The van der Waals surface area contributed by atoms with Gasteiger partial charge in [-0.05, 0) is 62.8 Å². The molecule has 0 amide bonds. The third-order valence-electron chi connectivity index (χ3n) is 7.08. The Bertz CT molecular complexity index is 1080. The maximum atomic E-state index is 12.8. The number of benzene rings is 2. The third kappa shape index (κ3) is 5.90. The molecule has 2 N–H and O–H groups in total. The number of fused-ring (bicyclic) bond motifs is 1. The molecule has 2 aromatic rings. The van der Waals surface area contributed by atoms with Gasteiger partial charge in [0.2, 0.25) is 0 Å². The largest absolute Gasteiger partial charge is 0.573 e. The van der Waals surface area contributed by atoms with Crippen LogP contribution in [0.5, 0.6) is 11.5 Å². The molecule has 0 unspecified atom stereocenters. The molecule has 2 aliphatic heterocycles. The molecule has 1 spiro atoms. The molecule has 1 fully saturated rings. The predicted molar refractivity (Wildman–Crippen MR) is 122 cm³/mol. The summed E-state index contributed by atoms with van der Waals surface area (Å²) in [6.45, 7) is 4.97. The first-order valence-corrected chi connectivity index (χ1v) is 11.7. The monoisotopic (exact) mass is 493 g/mol. The topological polar surface area (TPSA) is 79.2 Å². The second-order valence-electron chi connectivity index (χ2n) is 9.66. The number of hydrogen-bond donors (Lipinski definition) is 2. The Balaban J connectivity index is 1.43. The summed E-state index contributed by atoms with van der Waals surface area (Å²) in [5, 5.41) is 19.6. The van der Waals surface area contributed by atoms with E-state index in [-0.39, 0.29) is 11.4 Å². The van der Waals surface area contributed by atoms with Crippen LogP contribution >= 0.6 is 0 Å². The van der Waals surface area contributed by atoms with Gasteiger partial charge in [-0.1, -0.05) is 29.8 Å². The number of aliphatic hydroxyl groups is 1. The van der Waals surface area contributed by atoms with Crippen LogP contribution in [0.15, 0.2) is 36.4 Å². The van der Waals surface area contributed by atoms with Crippen molar-refractivity contribution >= 4 is 5.97 Å². The van der Waals surface area contributed by atoms with Crippen LogP contribution in [0.25, 0.3) is 0 Å². The van der Waals surface area contributed by atoms with E-state index in [2.05, 4.69) is 9.64 Å². The van der Waals surface area contributed by atoms with Gasteiger partial charge in [0.1, 0.15) is 17.1 Å². The third-order valence-corrected chi connectivity index (χ3v) is 7.08. The summed E-state index contributed by atoms with van der Waals surface area (Å²) in [6.07, 6.45) is -2.81. The number of rotatable bonds is 6. The van der Waals surface area contributed by atoms with Crippen molar-refractivity contribution in [3.8, 4) is 11.5 Å². The molecule has 6 nitrogen and oxygen atoms in total. The van der Waals surface area contributed by atoms with Crippen LogP contribution in [0, 0.1) is 12.8 Å². The highest BCUT2D eigenvalue weighted by Crippen LogP contribution is 2.41. The van der Waals surface area contributed by atoms with Gasteiger partial charge in [-0.2, -0.15) is 0 Å². The first-order valence-electron chi connectivity index (χ1n) is 11.7. The first kappa shape index (κ1) is 25.3. The molecule has 9 heteroatoms. The van der Waals surface area contributed by atoms with Crippen LogP contribution in [0.4, 0.5) is 13.2 Å². The fourth-order valence-electron chi connectivity index (χ4n) is 4.89. The number of aryl methyl sites for hydroxylation is 2. The molecule has 190 valence electrons. The number of aliphatic carboxylic acids is 1. The van der Waals surface area contributed by atoms with Crippen LogP contribution in [0.2, 0.25) is 0 Å². The summed E-state index contributed by atoms with van der Waals surface area (Å²) in [7, 11) is 0. The van der Waals surface area contributed by atoms with Gasteiger partial charge in [0.05, 0.1) is 12.0 Å². The molecule has 0 aliphatic carbocycles. The number of nitrogens with zero attached hydrogens (tertiary/aromatic N) is 1. The van der Waals surface area contributed by atoms with Gasteiger partial charge in [-0.15, -0.1) is 13.2 Å². The van der Waals surface area contributed by atoms with Crippen LogP contribution in [0.1, 0.15) is 54.5 Å². The van der Waals surface area contributed by atoms with Crippen molar-refractivity contribution < 1.29 is 37.7 Å². The van der Waals surface area contributed by atoms with Crippen molar-refractivity contribution in [1.82, 2.24) is 4.90 Å². The van der Waals surface area contributed by atoms with Gasteiger partial charge in [0, 0.05) is 25.2 Å². The zero-order chi connectivity index (χ0) is 25.4. The lowest BCUT2D eigenvalue weighted by atomic mass is 9.82. The van der Waals surface area contributed by atoms with Crippen molar-refractivity contribution in [3.05, 3.63) is 58.7 Å². The number of hydrogen-bond acceptors (Lipinski definition) is 5. The lowest BCUT2D eigenvalue weighted by Crippen LogP contribution is -2.49. The molecule has 2 aromatic carbocycles. The lowest BCUT2D eigenvalue weighted by Gasteiger charge is -2.45. The number of carbonyl (C=O) groups is 1. The number of piperidine rings is 1. The SMILES string of the molecule is Cc1ccc(OC(F)(F)F)c(CN2CCC3(CCc4ccc([C@H](O)[C@H](C)C(=O)O)cc4O3)CC2)c1. The summed E-state index contributed by atoms with van der Waals surface area (Å²) in [6, 6.07) is 10.1. The Morgan fingerprint density at radius 3 is 2.54 bits per heavy atom. The highest BCUT2D eigenvalue weighted by molar-refractivity contribution is 5.70. The number of alkyl halides is 3. The van der Waals surface area contributed by atoms with E-state index in [1.165, 1.54) is 13.0 Å². The lowest BCUT2D eigenvalue weighted by molar-refractivity contribution is -0.275. The molecule has 0 radical (unpaired) electrons. The van der Waals surface area contributed by atoms with Gasteiger partial charge in [-0.25, -0.2) is 0 Å². The number of likely N-dealkylation sites (tertiary alicyclic amines) is 1. The van der Waals surface area contributed by atoms with Gasteiger partial charge < -0.3 is 19.7 Å². The molecule has 2 heterocycles. The fraction of sp³-hybridized carbons (Fsp3) is 0.500. The summed E-state index contributed by atoms with van der Waals surface area (Å²) in [4.78, 5) is 13.4. The maximum Gasteiger partial charge on any atom is 0.573 e. The molecule has 2 aliphatic rings. The average molecular weight is 494 g/mol. The van der Waals surface area contributed by atoms with Crippen molar-refractivity contribution in [3.63, 3.8) is 0 Å². The van der Waals surface area contributed by atoms with Crippen molar-refractivity contribution in [2.75, 3.05) is 13.1 Å². The van der Waals surface area contributed by atoms with Gasteiger partial charge in [-0.3, -0.25) is 9.69 Å². The Labute approximate surface area is 202 Å². The van der Waals surface area contributed by atoms with Crippen LogP contribution < -0.4 is 9.47 Å². The molecule has 0 saturated carbocycles. The average Bonchev–Trinajstić information content (AvgIpc) is 2.80. The molecule has 4 rings (SSSR count). The van der Waals surface area contributed by atoms with E-state index in [1.54, 1.807) is 24.3 Å². The van der Waals surface area contributed by atoms with E-state index in [9.17, 15) is 28.2 Å². The van der Waals surface area contributed by atoms with Crippen LogP contribution in [-0.2, 0) is 17.8 Å². The van der Waals surface area contributed by atoms with Crippen molar-refractivity contribution in [1.29, 1.82) is 0 Å². The zero-order valence-electron chi connectivity index (χ0n) is 19.8. The van der Waals surface area contributed by atoms with Gasteiger partial charge in [0.25, 0.3) is 0 Å². The minimum Gasteiger partial charge on any atom is -0.487 e. The maximum absolute atomic E-state index is 12.8. The normalized spacial score (nSPS) is 19.5. The van der Waals surface area contributed by atoms with Gasteiger partial charge >= 0.3 is 12.3 Å². The van der Waals surface area contributed by atoms with Crippen molar-refractivity contribution in [2.24, 2.45) is 5.92 Å². The number of carboxylic acid groups (broad SMARTS) is 1. The molecular formula is C26H30F3NO5. The molecule has 0 bridgehead atoms. The highest BCUT2D eigenvalue weighted by atomic mass is 19.4. The fourth-order valence-corrected chi connectivity index (χ4v) is 4.89. The molecule has 1 saturated heterocycles. The van der Waals surface area contributed by atoms with E-state index < -0.39 is 24.4 Å². The summed E-state index contributed by atoms with van der Waals surface area (Å²) in [5.41, 5.74) is 2.50.